The van der Waals surface area contributed by atoms with Crippen LogP contribution in [-0.4, -0.2) is 24.6 Å². The highest BCUT2D eigenvalue weighted by molar-refractivity contribution is 6.04. The fourth-order valence-corrected chi connectivity index (χ4v) is 3.26. The van der Waals surface area contributed by atoms with Crippen LogP contribution in [0.2, 0.25) is 0 Å². The number of carbonyl (C=O) groups is 2. The van der Waals surface area contributed by atoms with Crippen molar-refractivity contribution in [2.24, 2.45) is 5.92 Å². The van der Waals surface area contributed by atoms with Crippen molar-refractivity contribution in [1.29, 1.82) is 0 Å². The molecule has 2 aromatic rings. The minimum absolute atomic E-state index is 0.0307. The molecular formula is C24H29NO4. The quantitative estimate of drug-likeness (QED) is 0.632. The Labute approximate surface area is 172 Å². The number of carbonyl (C=O) groups excluding carboxylic acids is 2. The van der Waals surface area contributed by atoms with Gasteiger partial charge in [0.1, 0.15) is 11.9 Å². The maximum absolute atomic E-state index is 12.4. The number of hydrogen-bond acceptors (Lipinski definition) is 4. The first-order chi connectivity index (χ1) is 14.0. The summed E-state index contributed by atoms with van der Waals surface area (Å²) in [6.45, 7) is 4.81. The van der Waals surface area contributed by atoms with Crippen molar-refractivity contribution in [3.63, 3.8) is 0 Å². The maximum Gasteiger partial charge on any atom is 0.338 e. The highest BCUT2D eigenvalue weighted by atomic mass is 16.5. The molecule has 29 heavy (non-hydrogen) atoms. The molecule has 1 aliphatic rings. The van der Waals surface area contributed by atoms with E-state index >= 15 is 0 Å². The molecule has 1 aliphatic carbocycles. The predicted octanol–water partition coefficient (Wildman–Crippen LogP) is 5.46. The van der Waals surface area contributed by atoms with Gasteiger partial charge in [-0.1, -0.05) is 20.3 Å². The van der Waals surface area contributed by atoms with Crippen LogP contribution in [0.25, 0.3) is 0 Å². The van der Waals surface area contributed by atoms with Crippen molar-refractivity contribution in [2.45, 2.75) is 52.1 Å². The van der Waals surface area contributed by atoms with Gasteiger partial charge in [-0.05, 0) is 80.1 Å². The van der Waals surface area contributed by atoms with Gasteiger partial charge in [0.25, 0.3) is 5.91 Å². The third-order valence-corrected chi connectivity index (χ3v) is 4.90. The Kier molecular flexibility index (Phi) is 7.28. The van der Waals surface area contributed by atoms with Crippen LogP contribution in [0.1, 0.15) is 66.7 Å². The second-order valence-electron chi connectivity index (χ2n) is 7.93. The fraction of sp³-hybridized carbons (Fsp3) is 0.417. The van der Waals surface area contributed by atoms with Crippen molar-refractivity contribution >= 4 is 17.6 Å². The Morgan fingerprint density at radius 2 is 1.55 bits per heavy atom. The van der Waals surface area contributed by atoms with Crippen LogP contribution in [0.15, 0.2) is 48.5 Å². The SMILES string of the molecule is CC(C)COc1ccc(C(=O)Nc2ccc(C(=O)OC3CCCCC3)cc2)cc1. The second kappa shape index (κ2) is 10.1. The third kappa shape index (κ3) is 6.34. The lowest BCUT2D eigenvalue weighted by atomic mass is 9.98. The summed E-state index contributed by atoms with van der Waals surface area (Å²) >= 11 is 0. The molecule has 0 aromatic heterocycles. The average Bonchev–Trinajstić information content (AvgIpc) is 2.74. The molecule has 1 fully saturated rings. The van der Waals surface area contributed by atoms with Gasteiger partial charge < -0.3 is 14.8 Å². The molecule has 5 nitrogen and oxygen atoms in total. The third-order valence-electron chi connectivity index (χ3n) is 4.90. The number of esters is 1. The molecule has 5 heteroatoms. The normalized spacial score (nSPS) is 14.4. The molecule has 3 rings (SSSR count). The van der Waals surface area contributed by atoms with Gasteiger partial charge in [-0.3, -0.25) is 4.79 Å². The zero-order valence-corrected chi connectivity index (χ0v) is 17.1. The maximum atomic E-state index is 12.4. The van der Waals surface area contributed by atoms with Crippen LogP contribution in [-0.2, 0) is 4.74 Å². The van der Waals surface area contributed by atoms with Gasteiger partial charge in [0.2, 0.25) is 0 Å². The summed E-state index contributed by atoms with van der Waals surface area (Å²) in [6.07, 6.45) is 5.38. The molecule has 0 atom stereocenters. The number of anilines is 1. The van der Waals surface area contributed by atoms with Crippen molar-refractivity contribution in [3.05, 3.63) is 59.7 Å². The number of hydrogen-bond donors (Lipinski definition) is 1. The molecule has 2 aromatic carbocycles. The molecule has 0 heterocycles. The lowest BCUT2D eigenvalue weighted by Crippen LogP contribution is -2.20. The Bertz CT molecular complexity index is 806. The molecule has 1 amide bonds. The number of amides is 1. The molecule has 0 aliphatic heterocycles. The van der Waals surface area contributed by atoms with Gasteiger partial charge in [0, 0.05) is 11.3 Å². The summed E-state index contributed by atoms with van der Waals surface area (Å²) in [4.78, 5) is 24.7. The Hall–Kier alpha value is -2.82. The van der Waals surface area contributed by atoms with E-state index in [1.165, 1.54) is 6.42 Å². The average molecular weight is 395 g/mol. The van der Waals surface area contributed by atoms with Gasteiger partial charge in [-0.25, -0.2) is 4.79 Å². The van der Waals surface area contributed by atoms with Crippen molar-refractivity contribution in [2.75, 3.05) is 11.9 Å². The van der Waals surface area contributed by atoms with Gasteiger partial charge in [0.15, 0.2) is 0 Å². The van der Waals surface area contributed by atoms with Crippen LogP contribution in [0.3, 0.4) is 0 Å². The minimum Gasteiger partial charge on any atom is -0.493 e. The number of nitrogens with one attached hydrogen (secondary N) is 1. The van der Waals surface area contributed by atoms with Crippen molar-refractivity contribution in [1.82, 2.24) is 0 Å². The number of ether oxygens (including phenoxy) is 2. The van der Waals surface area contributed by atoms with Crippen LogP contribution in [0.5, 0.6) is 5.75 Å². The van der Waals surface area contributed by atoms with Crippen LogP contribution in [0, 0.1) is 5.92 Å². The number of benzene rings is 2. The molecule has 0 bridgehead atoms. The Morgan fingerprint density at radius 1 is 0.931 bits per heavy atom. The van der Waals surface area contributed by atoms with E-state index in [0.717, 1.165) is 31.4 Å². The molecule has 0 spiro atoms. The van der Waals surface area contributed by atoms with Crippen molar-refractivity contribution in [3.8, 4) is 5.75 Å². The first-order valence-electron chi connectivity index (χ1n) is 10.4. The van der Waals surface area contributed by atoms with Crippen LogP contribution < -0.4 is 10.1 Å². The smallest absolute Gasteiger partial charge is 0.338 e. The second-order valence-corrected chi connectivity index (χ2v) is 7.93. The topological polar surface area (TPSA) is 64.6 Å². The minimum atomic E-state index is -0.299. The first-order valence-corrected chi connectivity index (χ1v) is 10.4. The van der Waals surface area contributed by atoms with E-state index < -0.39 is 0 Å². The van der Waals surface area contributed by atoms with Gasteiger partial charge in [0.05, 0.1) is 12.2 Å². The lowest BCUT2D eigenvalue weighted by Gasteiger charge is -2.21. The molecule has 0 radical (unpaired) electrons. The molecule has 1 N–H and O–H groups in total. The summed E-state index contributed by atoms with van der Waals surface area (Å²) in [6, 6.07) is 13.9. The van der Waals surface area contributed by atoms with E-state index in [1.54, 1.807) is 48.5 Å². The van der Waals surface area contributed by atoms with Crippen LogP contribution in [0.4, 0.5) is 5.69 Å². The summed E-state index contributed by atoms with van der Waals surface area (Å²) in [7, 11) is 0. The highest BCUT2D eigenvalue weighted by Gasteiger charge is 2.18. The number of rotatable bonds is 7. The van der Waals surface area contributed by atoms with E-state index in [-0.39, 0.29) is 18.0 Å². The molecular weight excluding hydrogens is 366 g/mol. The largest absolute Gasteiger partial charge is 0.493 e. The Morgan fingerprint density at radius 3 is 2.17 bits per heavy atom. The van der Waals surface area contributed by atoms with E-state index in [0.29, 0.717) is 29.3 Å². The summed E-state index contributed by atoms with van der Waals surface area (Å²) in [5, 5.41) is 2.84. The van der Waals surface area contributed by atoms with Gasteiger partial charge in [-0.2, -0.15) is 0 Å². The van der Waals surface area contributed by atoms with E-state index in [4.69, 9.17) is 9.47 Å². The first kappa shape index (κ1) is 20.9. The lowest BCUT2D eigenvalue weighted by molar-refractivity contribution is 0.0211. The van der Waals surface area contributed by atoms with E-state index in [9.17, 15) is 9.59 Å². The predicted molar refractivity (Wildman–Crippen MR) is 113 cm³/mol. The monoisotopic (exact) mass is 395 g/mol. The summed E-state index contributed by atoms with van der Waals surface area (Å²) < 4.78 is 11.2. The molecule has 0 unspecified atom stereocenters. The highest BCUT2D eigenvalue weighted by Crippen LogP contribution is 2.22. The van der Waals surface area contributed by atoms with Gasteiger partial charge >= 0.3 is 5.97 Å². The van der Waals surface area contributed by atoms with E-state index in [2.05, 4.69) is 19.2 Å². The zero-order valence-electron chi connectivity index (χ0n) is 17.1. The van der Waals surface area contributed by atoms with Crippen molar-refractivity contribution < 1.29 is 19.1 Å². The summed E-state index contributed by atoms with van der Waals surface area (Å²) in [5.74, 6) is 0.682. The summed E-state index contributed by atoms with van der Waals surface area (Å²) in [5.41, 5.74) is 1.67. The van der Waals surface area contributed by atoms with Crippen LogP contribution >= 0.6 is 0 Å². The Balaban J connectivity index is 1.53. The van der Waals surface area contributed by atoms with Gasteiger partial charge in [-0.15, -0.1) is 0 Å². The molecule has 154 valence electrons. The molecule has 0 saturated heterocycles. The zero-order chi connectivity index (χ0) is 20.6. The standard InChI is InChI=1S/C24H29NO4/c1-17(2)16-28-21-14-10-18(11-15-21)23(26)25-20-12-8-19(9-13-20)24(27)29-22-6-4-3-5-7-22/h8-15,17,22H,3-7,16H2,1-2H3,(H,25,26). The van der Waals surface area contributed by atoms with E-state index in [1.807, 2.05) is 0 Å². The fourth-order valence-electron chi connectivity index (χ4n) is 3.26. The molecule has 1 saturated carbocycles.